The third kappa shape index (κ3) is 3.67. The van der Waals surface area contributed by atoms with Crippen LogP contribution in [0.5, 0.6) is 0 Å². The molecule has 0 radical (unpaired) electrons. The first-order valence-corrected chi connectivity index (χ1v) is 8.35. The lowest BCUT2D eigenvalue weighted by Gasteiger charge is -2.24. The zero-order valence-corrected chi connectivity index (χ0v) is 13.3. The first kappa shape index (κ1) is 15.5. The molecule has 1 aliphatic carbocycles. The average molecular weight is 306 g/mol. The molecule has 1 aliphatic heterocycles. The van der Waals surface area contributed by atoms with Crippen LogP contribution in [0.15, 0.2) is 12.3 Å². The lowest BCUT2D eigenvalue weighted by atomic mass is 9.85. The molecule has 3 atom stereocenters. The van der Waals surface area contributed by atoms with E-state index in [9.17, 15) is 4.79 Å². The van der Waals surface area contributed by atoms with E-state index < -0.39 is 0 Å². The molecule has 2 N–H and O–H groups in total. The number of hydrogen-bond donors (Lipinski definition) is 2. The van der Waals surface area contributed by atoms with E-state index >= 15 is 0 Å². The van der Waals surface area contributed by atoms with Gasteiger partial charge in [-0.2, -0.15) is 5.10 Å². The van der Waals surface area contributed by atoms with Crippen molar-refractivity contribution in [1.29, 1.82) is 0 Å². The summed E-state index contributed by atoms with van der Waals surface area (Å²) in [6.07, 6.45) is 8.84. The lowest BCUT2D eigenvalue weighted by Crippen LogP contribution is -2.40. The second kappa shape index (κ2) is 7.24. The normalized spacial score (nSPS) is 27.6. The van der Waals surface area contributed by atoms with Crippen LogP contribution in [0.1, 0.15) is 38.5 Å². The third-order valence-corrected chi connectivity index (χ3v) is 4.81. The molecule has 6 heteroatoms. The fourth-order valence-electron chi connectivity index (χ4n) is 3.66. The van der Waals surface area contributed by atoms with E-state index in [1.54, 1.807) is 7.11 Å². The van der Waals surface area contributed by atoms with E-state index in [2.05, 4.69) is 15.7 Å². The van der Waals surface area contributed by atoms with Gasteiger partial charge in [0.15, 0.2) is 5.82 Å². The van der Waals surface area contributed by atoms with E-state index in [-0.39, 0.29) is 11.9 Å². The Kier molecular flexibility index (Phi) is 5.10. The number of methoxy groups -OCH3 is 1. The molecule has 122 valence electrons. The number of ether oxygens (including phenoxy) is 1. The van der Waals surface area contributed by atoms with Gasteiger partial charge in [0.05, 0.1) is 6.04 Å². The van der Waals surface area contributed by atoms with Gasteiger partial charge in [-0.3, -0.25) is 9.48 Å². The van der Waals surface area contributed by atoms with Crippen LogP contribution >= 0.6 is 0 Å². The van der Waals surface area contributed by atoms with Crippen LogP contribution in [0.25, 0.3) is 0 Å². The number of amides is 1. The summed E-state index contributed by atoms with van der Waals surface area (Å²) in [6, 6.07) is 2.33. The molecule has 1 aromatic rings. The molecular formula is C16H26N4O2. The van der Waals surface area contributed by atoms with Crippen molar-refractivity contribution in [2.24, 2.45) is 5.92 Å². The lowest BCUT2D eigenvalue weighted by molar-refractivity contribution is -0.117. The minimum Gasteiger partial charge on any atom is -0.385 e. The van der Waals surface area contributed by atoms with Gasteiger partial charge in [0.25, 0.3) is 0 Å². The van der Waals surface area contributed by atoms with Crippen LogP contribution in [-0.4, -0.2) is 41.5 Å². The maximum Gasteiger partial charge on any atom is 0.242 e. The Morgan fingerprint density at radius 3 is 3.18 bits per heavy atom. The van der Waals surface area contributed by atoms with Gasteiger partial charge in [-0.1, -0.05) is 12.8 Å². The highest BCUT2D eigenvalue weighted by Crippen LogP contribution is 2.33. The molecule has 2 heterocycles. The predicted octanol–water partition coefficient (Wildman–Crippen LogP) is 1.78. The number of fused-ring (bicyclic) bond motifs is 1. The Hall–Kier alpha value is -1.40. The Labute approximate surface area is 131 Å². The molecule has 0 aromatic carbocycles. The fourth-order valence-corrected chi connectivity index (χ4v) is 3.66. The Morgan fingerprint density at radius 1 is 1.50 bits per heavy atom. The van der Waals surface area contributed by atoms with Gasteiger partial charge in [0, 0.05) is 38.6 Å². The SMILES string of the molecule is COCCCn1ccc(NC(=O)C2CC3CCCCC3N2)n1. The Morgan fingerprint density at radius 2 is 2.36 bits per heavy atom. The highest BCUT2D eigenvalue weighted by Gasteiger charge is 2.38. The van der Waals surface area contributed by atoms with Crippen molar-refractivity contribution in [2.75, 3.05) is 19.0 Å². The number of nitrogens with zero attached hydrogens (tertiary/aromatic N) is 2. The van der Waals surface area contributed by atoms with Crippen molar-refractivity contribution in [3.63, 3.8) is 0 Å². The van der Waals surface area contributed by atoms with Crippen LogP contribution in [0.4, 0.5) is 5.82 Å². The van der Waals surface area contributed by atoms with Crippen molar-refractivity contribution < 1.29 is 9.53 Å². The van der Waals surface area contributed by atoms with Crippen molar-refractivity contribution in [3.8, 4) is 0 Å². The number of hydrogen-bond acceptors (Lipinski definition) is 4. The summed E-state index contributed by atoms with van der Waals surface area (Å²) < 4.78 is 6.87. The van der Waals surface area contributed by atoms with Crippen molar-refractivity contribution in [3.05, 3.63) is 12.3 Å². The standard InChI is InChI=1S/C16H26N4O2/c1-22-10-4-8-20-9-7-15(19-20)18-16(21)14-11-12-5-2-3-6-13(12)17-14/h7,9,12-14,17H,2-6,8,10-11H2,1H3,(H,18,19,21). The van der Waals surface area contributed by atoms with Crippen LogP contribution in [-0.2, 0) is 16.1 Å². The van der Waals surface area contributed by atoms with Crippen LogP contribution in [0.2, 0.25) is 0 Å². The number of carbonyl (C=O) groups excluding carboxylic acids is 1. The predicted molar refractivity (Wildman–Crippen MR) is 84.6 cm³/mol. The van der Waals surface area contributed by atoms with Crippen molar-refractivity contribution in [2.45, 2.75) is 57.2 Å². The largest absolute Gasteiger partial charge is 0.385 e. The number of aryl methyl sites for hydroxylation is 1. The molecule has 2 aliphatic rings. The summed E-state index contributed by atoms with van der Waals surface area (Å²) >= 11 is 0. The summed E-state index contributed by atoms with van der Waals surface area (Å²) in [4.78, 5) is 12.4. The maximum absolute atomic E-state index is 12.4. The zero-order valence-electron chi connectivity index (χ0n) is 13.3. The van der Waals surface area contributed by atoms with Gasteiger partial charge in [-0.25, -0.2) is 0 Å². The molecule has 2 fully saturated rings. The monoisotopic (exact) mass is 306 g/mol. The summed E-state index contributed by atoms with van der Waals surface area (Å²) in [6.45, 7) is 1.52. The van der Waals surface area contributed by atoms with E-state index in [0.29, 0.717) is 17.8 Å². The van der Waals surface area contributed by atoms with E-state index in [4.69, 9.17) is 4.74 Å². The molecule has 1 aromatic heterocycles. The molecule has 1 saturated heterocycles. The van der Waals surface area contributed by atoms with Crippen LogP contribution < -0.4 is 10.6 Å². The molecule has 22 heavy (non-hydrogen) atoms. The minimum atomic E-state index is -0.0632. The molecule has 3 rings (SSSR count). The topological polar surface area (TPSA) is 68.2 Å². The zero-order chi connectivity index (χ0) is 15.4. The smallest absolute Gasteiger partial charge is 0.242 e. The molecule has 0 spiro atoms. The number of rotatable bonds is 6. The van der Waals surface area contributed by atoms with Gasteiger partial charge >= 0.3 is 0 Å². The quantitative estimate of drug-likeness (QED) is 0.786. The first-order chi connectivity index (χ1) is 10.8. The summed E-state index contributed by atoms with van der Waals surface area (Å²) in [5, 5.41) is 10.8. The van der Waals surface area contributed by atoms with Gasteiger partial charge in [-0.15, -0.1) is 0 Å². The Bertz CT molecular complexity index is 488. The number of carbonyl (C=O) groups is 1. The van der Waals surface area contributed by atoms with E-state index in [0.717, 1.165) is 26.0 Å². The third-order valence-electron chi connectivity index (χ3n) is 4.81. The van der Waals surface area contributed by atoms with Gasteiger partial charge in [0.1, 0.15) is 0 Å². The van der Waals surface area contributed by atoms with Gasteiger partial charge in [-0.05, 0) is 31.6 Å². The maximum atomic E-state index is 12.4. The highest BCUT2D eigenvalue weighted by atomic mass is 16.5. The average Bonchev–Trinajstić information content (AvgIpc) is 3.14. The molecular weight excluding hydrogens is 280 g/mol. The fraction of sp³-hybridized carbons (Fsp3) is 0.750. The molecule has 3 unspecified atom stereocenters. The van der Waals surface area contributed by atoms with Crippen molar-refractivity contribution >= 4 is 11.7 Å². The van der Waals surface area contributed by atoms with Gasteiger partial charge in [0.2, 0.25) is 5.91 Å². The first-order valence-electron chi connectivity index (χ1n) is 8.35. The summed E-state index contributed by atoms with van der Waals surface area (Å²) in [7, 11) is 1.70. The molecule has 1 saturated carbocycles. The molecule has 6 nitrogen and oxygen atoms in total. The van der Waals surface area contributed by atoms with Crippen molar-refractivity contribution in [1.82, 2.24) is 15.1 Å². The molecule has 0 bridgehead atoms. The van der Waals surface area contributed by atoms with Crippen LogP contribution in [0, 0.1) is 5.92 Å². The minimum absolute atomic E-state index is 0.0524. The Balaban J connectivity index is 1.49. The van der Waals surface area contributed by atoms with E-state index in [1.165, 1.54) is 25.7 Å². The van der Waals surface area contributed by atoms with Crippen LogP contribution in [0.3, 0.4) is 0 Å². The van der Waals surface area contributed by atoms with Gasteiger partial charge < -0.3 is 15.4 Å². The van der Waals surface area contributed by atoms with E-state index in [1.807, 2.05) is 16.9 Å². The number of aromatic nitrogens is 2. The second-order valence-electron chi connectivity index (χ2n) is 6.41. The number of nitrogens with one attached hydrogen (secondary N) is 2. The summed E-state index contributed by atoms with van der Waals surface area (Å²) in [5.74, 6) is 1.37. The molecule has 1 amide bonds. The summed E-state index contributed by atoms with van der Waals surface area (Å²) in [5.41, 5.74) is 0. The number of anilines is 1. The highest BCUT2D eigenvalue weighted by molar-refractivity contribution is 5.94. The second-order valence-corrected chi connectivity index (χ2v) is 6.41.